The molecule has 0 spiro atoms. The Kier molecular flexibility index (Phi) is 6.52. The number of rotatable bonds is 7. The minimum Gasteiger partial charge on any atom is -0.464 e. The topological polar surface area (TPSA) is 84.3 Å². The lowest BCUT2D eigenvalue weighted by molar-refractivity contribution is -0.117. The molecule has 1 unspecified atom stereocenters. The fourth-order valence-electron chi connectivity index (χ4n) is 1.31. The van der Waals surface area contributed by atoms with E-state index in [1.807, 2.05) is 13.8 Å². The quantitative estimate of drug-likeness (QED) is 0.712. The number of hydrogen-bond acceptors (Lipinski definition) is 5. The number of nitrogens with one attached hydrogen (secondary N) is 1. The van der Waals surface area contributed by atoms with E-state index in [4.69, 9.17) is 9.84 Å². The lowest BCUT2D eigenvalue weighted by Crippen LogP contribution is -2.35. The highest BCUT2D eigenvalue weighted by atomic mass is 16.5. The molecule has 0 aliphatic heterocycles. The van der Waals surface area contributed by atoms with Crippen molar-refractivity contribution in [2.24, 2.45) is 0 Å². The van der Waals surface area contributed by atoms with Gasteiger partial charge in [-0.25, -0.2) is 9.97 Å². The molecular weight excluding hydrogens is 246 g/mol. The first kappa shape index (κ1) is 15.1. The summed E-state index contributed by atoms with van der Waals surface area (Å²) in [6.07, 6.45) is 6.82. The second-order valence-corrected chi connectivity index (χ2v) is 3.86. The first-order valence-corrected chi connectivity index (χ1v) is 6.23. The van der Waals surface area contributed by atoms with Gasteiger partial charge in [0.15, 0.2) is 0 Å². The first-order valence-electron chi connectivity index (χ1n) is 6.23. The summed E-state index contributed by atoms with van der Waals surface area (Å²) in [7, 11) is 0. The van der Waals surface area contributed by atoms with Crippen LogP contribution in [0.2, 0.25) is 0 Å². The second-order valence-electron chi connectivity index (χ2n) is 3.86. The Morgan fingerprint density at radius 3 is 2.68 bits per heavy atom. The fraction of sp³-hybridized carbons (Fsp3) is 0.462. The molecule has 1 aromatic heterocycles. The van der Waals surface area contributed by atoms with Crippen LogP contribution in [-0.4, -0.2) is 40.2 Å². The number of carbonyl (C=O) groups excluding carboxylic acids is 1. The van der Waals surface area contributed by atoms with Gasteiger partial charge in [0.1, 0.15) is 0 Å². The van der Waals surface area contributed by atoms with Crippen molar-refractivity contribution in [2.45, 2.75) is 26.3 Å². The van der Waals surface area contributed by atoms with Crippen LogP contribution in [0.3, 0.4) is 0 Å². The maximum Gasteiger partial charge on any atom is 0.316 e. The van der Waals surface area contributed by atoms with Crippen LogP contribution in [0.1, 0.15) is 25.8 Å². The van der Waals surface area contributed by atoms with Gasteiger partial charge in [0.2, 0.25) is 5.91 Å². The van der Waals surface area contributed by atoms with Crippen molar-refractivity contribution < 1.29 is 14.6 Å². The van der Waals surface area contributed by atoms with Crippen LogP contribution in [0, 0.1) is 0 Å². The molecule has 0 aromatic carbocycles. The van der Waals surface area contributed by atoms with Gasteiger partial charge in [-0.05, 0) is 19.4 Å². The van der Waals surface area contributed by atoms with Crippen LogP contribution in [0.25, 0.3) is 6.08 Å². The van der Waals surface area contributed by atoms with Crippen molar-refractivity contribution >= 4 is 12.0 Å². The minimum atomic E-state index is -0.255. The lowest BCUT2D eigenvalue weighted by Gasteiger charge is -2.11. The van der Waals surface area contributed by atoms with E-state index < -0.39 is 0 Å². The minimum absolute atomic E-state index is 0.0672. The maximum absolute atomic E-state index is 11.5. The van der Waals surface area contributed by atoms with Gasteiger partial charge in [-0.15, -0.1) is 0 Å². The summed E-state index contributed by atoms with van der Waals surface area (Å²) in [5, 5.41) is 11.6. The standard InChI is InChI=1S/C13H19N3O3/c1-3-11(9-17)16-12(18)6-5-10-7-14-13(15-8-10)19-4-2/h5-8,11,17H,3-4,9H2,1-2H3,(H,16,18)/b6-5+. The molecule has 19 heavy (non-hydrogen) atoms. The number of amides is 1. The average molecular weight is 265 g/mol. The molecule has 0 saturated carbocycles. The summed E-state index contributed by atoms with van der Waals surface area (Å²) >= 11 is 0. The number of aliphatic hydroxyl groups excluding tert-OH is 1. The highest BCUT2D eigenvalue weighted by Gasteiger charge is 2.05. The van der Waals surface area contributed by atoms with Gasteiger partial charge in [-0.2, -0.15) is 0 Å². The monoisotopic (exact) mass is 265 g/mol. The zero-order chi connectivity index (χ0) is 14.1. The lowest BCUT2D eigenvalue weighted by atomic mass is 10.2. The molecule has 1 atom stereocenters. The molecule has 0 fully saturated rings. The van der Waals surface area contributed by atoms with Crippen molar-refractivity contribution in [3.63, 3.8) is 0 Å². The van der Waals surface area contributed by atoms with Crippen LogP contribution in [-0.2, 0) is 4.79 Å². The molecule has 0 saturated heterocycles. The fourth-order valence-corrected chi connectivity index (χ4v) is 1.31. The molecule has 2 N–H and O–H groups in total. The Balaban J connectivity index is 2.53. The second kappa shape index (κ2) is 8.20. The predicted molar refractivity (Wildman–Crippen MR) is 71.5 cm³/mol. The van der Waals surface area contributed by atoms with Gasteiger partial charge in [0.05, 0.1) is 19.3 Å². The third kappa shape index (κ3) is 5.48. The van der Waals surface area contributed by atoms with Crippen molar-refractivity contribution in [3.05, 3.63) is 24.0 Å². The SMILES string of the molecule is CCOc1ncc(/C=C/C(=O)NC(CC)CO)cn1. The van der Waals surface area contributed by atoms with E-state index in [9.17, 15) is 4.79 Å². The highest BCUT2D eigenvalue weighted by Crippen LogP contribution is 2.04. The summed E-state index contributed by atoms with van der Waals surface area (Å²) in [5.41, 5.74) is 0.704. The molecule has 0 radical (unpaired) electrons. The van der Waals surface area contributed by atoms with Gasteiger partial charge in [0.25, 0.3) is 0 Å². The molecular formula is C13H19N3O3. The zero-order valence-corrected chi connectivity index (χ0v) is 11.2. The van der Waals surface area contributed by atoms with E-state index in [-0.39, 0.29) is 18.6 Å². The Labute approximate surface area is 112 Å². The summed E-state index contributed by atoms with van der Waals surface area (Å²) < 4.78 is 5.11. The van der Waals surface area contributed by atoms with E-state index in [0.717, 1.165) is 0 Å². The highest BCUT2D eigenvalue weighted by molar-refractivity contribution is 5.91. The number of aliphatic hydroxyl groups is 1. The Bertz CT molecular complexity index is 414. The normalized spacial score (nSPS) is 12.4. The van der Waals surface area contributed by atoms with Gasteiger partial charge in [-0.1, -0.05) is 6.92 Å². The van der Waals surface area contributed by atoms with Gasteiger partial charge in [-0.3, -0.25) is 4.79 Å². The summed E-state index contributed by atoms with van der Waals surface area (Å²) in [6, 6.07) is 0.101. The number of aromatic nitrogens is 2. The van der Waals surface area contributed by atoms with Crippen LogP contribution in [0.5, 0.6) is 6.01 Å². The molecule has 1 amide bonds. The van der Waals surface area contributed by atoms with Crippen molar-refractivity contribution in [1.82, 2.24) is 15.3 Å². The molecule has 104 valence electrons. The molecule has 0 aliphatic rings. The zero-order valence-electron chi connectivity index (χ0n) is 11.2. The number of nitrogens with zero attached hydrogens (tertiary/aromatic N) is 2. The van der Waals surface area contributed by atoms with Gasteiger partial charge in [0, 0.05) is 24.0 Å². The Morgan fingerprint density at radius 2 is 2.16 bits per heavy atom. The van der Waals surface area contributed by atoms with E-state index in [0.29, 0.717) is 24.6 Å². The Hall–Kier alpha value is -1.95. The summed E-state index contributed by atoms with van der Waals surface area (Å²) in [4.78, 5) is 19.5. The van der Waals surface area contributed by atoms with Gasteiger partial charge < -0.3 is 15.2 Å². The molecule has 1 heterocycles. The number of hydrogen-bond donors (Lipinski definition) is 2. The number of carbonyl (C=O) groups is 1. The summed E-state index contributed by atoms with van der Waals surface area (Å²) in [5.74, 6) is -0.255. The van der Waals surface area contributed by atoms with E-state index in [1.165, 1.54) is 6.08 Å². The van der Waals surface area contributed by atoms with Crippen LogP contribution in [0.4, 0.5) is 0 Å². The molecule has 0 bridgehead atoms. The van der Waals surface area contributed by atoms with Crippen molar-refractivity contribution in [3.8, 4) is 6.01 Å². The van der Waals surface area contributed by atoms with E-state index in [2.05, 4.69) is 15.3 Å². The first-order chi connectivity index (χ1) is 9.19. The van der Waals surface area contributed by atoms with E-state index >= 15 is 0 Å². The third-order valence-corrected chi connectivity index (χ3v) is 2.41. The molecule has 0 aliphatic carbocycles. The van der Waals surface area contributed by atoms with Crippen LogP contribution < -0.4 is 10.1 Å². The Morgan fingerprint density at radius 1 is 1.47 bits per heavy atom. The smallest absolute Gasteiger partial charge is 0.316 e. The molecule has 6 nitrogen and oxygen atoms in total. The molecule has 1 rings (SSSR count). The summed E-state index contributed by atoms with van der Waals surface area (Å²) in [6.45, 7) is 4.19. The van der Waals surface area contributed by atoms with Crippen LogP contribution >= 0.6 is 0 Å². The number of ether oxygens (including phenoxy) is 1. The largest absolute Gasteiger partial charge is 0.464 e. The average Bonchev–Trinajstić information content (AvgIpc) is 2.44. The predicted octanol–water partition coefficient (Wildman–Crippen LogP) is 0.776. The van der Waals surface area contributed by atoms with E-state index in [1.54, 1.807) is 18.5 Å². The van der Waals surface area contributed by atoms with Crippen molar-refractivity contribution in [1.29, 1.82) is 0 Å². The maximum atomic E-state index is 11.5. The molecule has 6 heteroatoms. The van der Waals surface area contributed by atoms with Crippen LogP contribution in [0.15, 0.2) is 18.5 Å². The van der Waals surface area contributed by atoms with Crippen molar-refractivity contribution in [2.75, 3.05) is 13.2 Å². The third-order valence-electron chi connectivity index (χ3n) is 2.41. The van der Waals surface area contributed by atoms with Gasteiger partial charge >= 0.3 is 6.01 Å². The molecule has 1 aromatic rings.